The van der Waals surface area contributed by atoms with Crippen LogP contribution < -0.4 is 9.47 Å². The Labute approximate surface area is 156 Å². The van der Waals surface area contributed by atoms with E-state index >= 15 is 0 Å². The fourth-order valence-electron chi connectivity index (χ4n) is 3.62. The summed E-state index contributed by atoms with van der Waals surface area (Å²) in [4.78, 5) is 14.9. The summed E-state index contributed by atoms with van der Waals surface area (Å²) in [5.41, 5.74) is 1.26. The molecule has 1 fully saturated rings. The Morgan fingerprint density at radius 3 is 2.64 bits per heavy atom. The average Bonchev–Trinajstić information content (AvgIpc) is 3.01. The molecular weight excluding hydrogens is 334 g/mol. The van der Waals surface area contributed by atoms with Crippen LogP contribution in [-0.4, -0.2) is 37.3 Å². The van der Waals surface area contributed by atoms with E-state index in [1.165, 1.54) is 0 Å². The van der Waals surface area contributed by atoms with Crippen molar-refractivity contribution in [2.24, 2.45) is 11.3 Å². The topological polar surface area (TPSA) is 38.8 Å². The summed E-state index contributed by atoms with van der Waals surface area (Å²) in [6.07, 6.45) is 1.65. The van der Waals surface area contributed by atoms with Gasteiger partial charge >= 0.3 is 0 Å². The summed E-state index contributed by atoms with van der Waals surface area (Å²) in [6.45, 7) is 9.64. The number of hydrogen-bond donors (Lipinski definition) is 0. The molecule has 4 nitrogen and oxygen atoms in total. The van der Waals surface area contributed by atoms with Gasteiger partial charge in [-0.1, -0.05) is 39.8 Å². The van der Waals surface area contributed by atoms with Crippen LogP contribution in [0, 0.1) is 11.3 Å². The standard InChI is InChI=1S/C20H31NO3S/c1-14(13-20(2,3)4)12-17(22)21-10-11-25-19(21)15-8-7-9-16(23-5)18(15)24-6/h7-9,14,19H,10-13H2,1-6H3/t14-,19-/m1/s1. The minimum absolute atomic E-state index is 0.000568. The Balaban J connectivity index is 2.16. The third kappa shape index (κ3) is 5.06. The molecule has 0 saturated carbocycles. The molecule has 0 unspecified atom stereocenters. The Kier molecular flexibility index (Phi) is 6.66. The van der Waals surface area contributed by atoms with Crippen LogP contribution in [0.1, 0.15) is 51.5 Å². The van der Waals surface area contributed by atoms with Gasteiger partial charge in [-0.15, -0.1) is 11.8 Å². The molecule has 0 aliphatic carbocycles. The van der Waals surface area contributed by atoms with E-state index < -0.39 is 0 Å². The first kappa shape index (κ1) is 20.0. The van der Waals surface area contributed by atoms with Crippen molar-refractivity contribution < 1.29 is 14.3 Å². The lowest BCUT2D eigenvalue weighted by Crippen LogP contribution is -2.32. The molecule has 1 aromatic carbocycles. The lowest BCUT2D eigenvalue weighted by atomic mass is 9.84. The molecule has 0 radical (unpaired) electrons. The largest absolute Gasteiger partial charge is 0.493 e. The summed E-state index contributed by atoms with van der Waals surface area (Å²) in [7, 11) is 3.29. The first-order valence-electron chi connectivity index (χ1n) is 8.88. The number of thioether (sulfide) groups is 1. The van der Waals surface area contributed by atoms with Crippen LogP contribution in [0.5, 0.6) is 11.5 Å². The highest BCUT2D eigenvalue weighted by atomic mass is 32.2. The van der Waals surface area contributed by atoms with Gasteiger partial charge < -0.3 is 14.4 Å². The number of nitrogens with zero attached hydrogens (tertiary/aromatic N) is 1. The molecule has 5 heteroatoms. The molecule has 1 aliphatic rings. The zero-order chi connectivity index (χ0) is 18.6. The zero-order valence-electron chi connectivity index (χ0n) is 16.3. The molecule has 1 aliphatic heterocycles. The van der Waals surface area contributed by atoms with Crippen molar-refractivity contribution in [2.45, 2.75) is 45.9 Å². The number of benzene rings is 1. The Morgan fingerprint density at radius 2 is 2.04 bits per heavy atom. The van der Waals surface area contributed by atoms with Crippen molar-refractivity contribution in [3.8, 4) is 11.5 Å². The normalized spacial score (nSPS) is 19.0. The minimum atomic E-state index is -0.000568. The van der Waals surface area contributed by atoms with Gasteiger partial charge in [-0.2, -0.15) is 0 Å². The molecule has 1 saturated heterocycles. The predicted octanol–water partition coefficient (Wildman–Crippen LogP) is 4.74. The Morgan fingerprint density at radius 1 is 1.32 bits per heavy atom. The first-order valence-corrected chi connectivity index (χ1v) is 9.93. The van der Waals surface area contributed by atoms with Gasteiger partial charge in [0.25, 0.3) is 0 Å². The van der Waals surface area contributed by atoms with E-state index in [9.17, 15) is 4.79 Å². The van der Waals surface area contributed by atoms with Crippen LogP contribution in [0.2, 0.25) is 0 Å². The average molecular weight is 366 g/mol. The summed E-state index contributed by atoms with van der Waals surface area (Å²) in [5.74, 6) is 3.00. The second kappa shape index (κ2) is 8.35. The number of ether oxygens (including phenoxy) is 2. The van der Waals surface area contributed by atoms with Crippen LogP contribution in [0.3, 0.4) is 0 Å². The van der Waals surface area contributed by atoms with E-state index in [2.05, 4.69) is 27.7 Å². The first-order chi connectivity index (χ1) is 11.8. The van der Waals surface area contributed by atoms with Crippen LogP contribution >= 0.6 is 11.8 Å². The van der Waals surface area contributed by atoms with Gasteiger partial charge in [0.05, 0.1) is 14.2 Å². The fraction of sp³-hybridized carbons (Fsp3) is 0.650. The molecular formula is C20H31NO3S. The quantitative estimate of drug-likeness (QED) is 0.730. The zero-order valence-corrected chi connectivity index (χ0v) is 17.1. The third-order valence-corrected chi connectivity index (χ3v) is 5.64. The van der Waals surface area contributed by atoms with Crippen LogP contribution in [0.4, 0.5) is 0 Å². The summed E-state index contributed by atoms with van der Waals surface area (Å²) in [5, 5.41) is -0.000568. The SMILES string of the molecule is COc1cccc([C@H]2SCCN2C(=O)C[C@@H](C)CC(C)(C)C)c1OC. The molecule has 25 heavy (non-hydrogen) atoms. The summed E-state index contributed by atoms with van der Waals surface area (Å²) in [6, 6.07) is 5.88. The fourth-order valence-corrected chi connectivity index (χ4v) is 4.92. The summed E-state index contributed by atoms with van der Waals surface area (Å²) >= 11 is 1.79. The number of hydrogen-bond acceptors (Lipinski definition) is 4. The molecule has 0 spiro atoms. The Hall–Kier alpha value is -1.36. The number of para-hydroxylation sites is 1. The molecule has 2 rings (SSSR count). The van der Waals surface area contributed by atoms with Crippen molar-refractivity contribution in [1.29, 1.82) is 0 Å². The van der Waals surface area contributed by atoms with Crippen molar-refractivity contribution >= 4 is 17.7 Å². The highest BCUT2D eigenvalue weighted by molar-refractivity contribution is 7.99. The smallest absolute Gasteiger partial charge is 0.224 e. The second-order valence-corrected chi connectivity index (χ2v) is 9.16. The highest BCUT2D eigenvalue weighted by Gasteiger charge is 2.34. The van der Waals surface area contributed by atoms with Crippen molar-refractivity contribution in [3.05, 3.63) is 23.8 Å². The van der Waals surface area contributed by atoms with Crippen molar-refractivity contribution in [1.82, 2.24) is 4.90 Å². The van der Waals surface area contributed by atoms with Crippen LogP contribution in [0.15, 0.2) is 18.2 Å². The van der Waals surface area contributed by atoms with E-state index in [1.807, 2.05) is 23.1 Å². The molecule has 2 atom stereocenters. The van der Waals surface area contributed by atoms with E-state index in [4.69, 9.17) is 9.47 Å². The number of rotatable bonds is 6. The van der Waals surface area contributed by atoms with Gasteiger partial charge in [0, 0.05) is 24.3 Å². The van der Waals surface area contributed by atoms with E-state index in [0.29, 0.717) is 18.1 Å². The highest BCUT2D eigenvalue weighted by Crippen LogP contribution is 2.45. The van der Waals surface area contributed by atoms with E-state index in [0.717, 1.165) is 30.0 Å². The van der Waals surface area contributed by atoms with E-state index in [-0.39, 0.29) is 16.7 Å². The molecule has 0 aromatic heterocycles. The lowest BCUT2D eigenvalue weighted by molar-refractivity contribution is -0.132. The van der Waals surface area contributed by atoms with Crippen molar-refractivity contribution in [2.75, 3.05) is 26.5 Å². The number of carbonyl (C=O) groups excluding carboxylic acids is 1. The van der Waals surface area contributed by atoms with Crippen molar-refractivity contribution in [3.63, 3.8) is 0 Å². The van der Waals surface area contributed by atoms with Gasteiger partial charge in [0.2, 0.25) is 5.91 Å². The van der Waals surface area contributed by atoms with Crippen LogP contribution in [0.25, 0.3) is 0 Å². The molecule has 1 amide bonds. The molecule has 1 aromatic rings. The molecule has 1 heterocycles. The maximum Gasteiger partial charge on any atom is 0.224 e. The Bertz CT molecular complexity index is 597. The molecule has 140 valence electrons. The number of methoxy groups -OCH3 is 2. The number of amides is 1. The van der Waals surface area contributed by atoms with Gasteiger partial charge in [-0.3, -0.25) is 4.79 Å². The van der Waals surface area contributed by atoms with Gasteiger partial charge in [0.1, 0.15) is 5.37 Å². The van der Waals surface area contributed by atoms with E-state index in [1.54, 1.807) is 26.0 Å². The monoisotopic (exact) mass is 365 g/mol. The van der Waals surface area contributed by atoms with Gasteiger partial charge in [-0.25, -0.2) is 0 Å². The lowest BCUT2D eigenvalue weighted by Gasteiger charge is -2.28. The van der Waals surface area contributed by atoms with Gasteiger partial charge in [0.15, 0.2) is 11.5 Å². The third-order valence-electron chi connectivity index (χ3n) is 4.39. The molecule has 0 N–H and O–H groups in total. The maximum atomic E-state index is 12.9. The number of carbonyl (C=O) groups is 1. The predicted molar refractivity (Wildman–Crippen MR) is 104 cm³/mol. The second-order valence-electron chi connectivity index (χ2n) is 7.97. The summed E-state index contributed by atoms with van der Waals surface area (Å²) < 4.78 is 11.0. The molecule has 0 bridgehead atoms. The van der Waals surface area contributed by atoms with Gasteiger partial charge in [-0.05, 0) is 23.8 Å². The van der Waals surface area contributed by atoms with Crippen LogP contribution in [-0.2, 0) is 4.79 Å². The minimum Gasteiger partial charge on any atom is -0.493 e. The maximum absolute atomic E-state index is 12.9.